The lowest BCUT2D eigenvalue weighted by molar-refractivity contribution is 0.199. The van der Waals surface area contributed by atoms with Crippen LogP contribution in [0.2, 0.25) is 0 Å². The molecule has 0 saturated carbocycles. The number of hydrogen-bond donors (Lipinski definition) is 1. The molecular formula is C14H23NO3S. The van der Waals surface area contributed by atoms with Crippen molar-refractivity contribution in [3.05, 3.63) is 29.8 Å². The molecule has 1 N–H and O–H groups in total. The SMILES string of the molecule is CCCCN(CC)S(=O)(=O)c1ccc(C(C)O)cc1. The van der Waals surface area contributed by atoms with Gasteiger partial charge in [-0.25, -0.2) is 8.42 Å². The van der Waals surface area contributed by atoms with E-state index in [1.807, 2.05) is 13.8 Å². The quantitative estimate of drug-likeness (QED) is 0.837. The molecule has 1 unspecified atom stereocenters. The fourth-order valence-electron chi connectivity index (χ4n) is 1.85. The lowest BCUT2D eigenvalue weighted by Gasteiger charge is -2.20. The van der Waals surface area contributed by atoms with Gasteiger partial charge in [0, 0.05) is 13.1 Å². The van der Waals surface area contributed by atoms with Crippen molar-refractivity contribution in [1.29, 1.82) is 0 Å². The Hall–Kier alpha value is -0.910. The number of hydrogen-bond acceptors (Lipinski definition) is 3. The summed E-state index contributed by atoms with van der Waals surface area (Å²) in [7, 11) is -3.41. The molecule has 0 aliphatic rings. The van der Waals surface area contributed by atoms with Crippen LogP contribution in [0.5, 0.6) is 0 Å². The maximum Gasteiger partial charge on any atom is 0.243 e. The summed E-state index contributed by atoms with van der Waals surface area (Å²) in [6.07, 6.45) is 1.24. The van der Waals surface area contributed by atoms with Crippen LogP contribution in [0.15, 0.2) is 29.2 Å². The van der Waals surface area contributed by atoms with Gasteiger partial charge in [-0.05, 0) is 31.0 Å². The third-order valence-corrected chi connectivity index (χ3v) is 5.10. The lowest BCUT2D eigenvalue weighted by Crippen LogP contribution is -2.31. The number of unbranched alkanes of at least 4 members (excludes halogenated alkanes) is 1. The molecule has 1 atom stereocenters. The van der Waals surface area contributed by atoms with Crippen LogP contribution >= 0.6 is 0 Å². The molecule has 5 heteroatoms. The fourth-order valence-corrected chi connectivity index (χ4v) is 3.34. The molecule has 0 heterocycles. The second kappa shape index (κ2) is 7.03. The zero-order valence-electron chi connectivity index (χ0n) is 11.8. The monoisotopic (exact) mass is 285 g/mol. The van der Waals surface area contributed by atoms with Crippen LogP contribution in [0.4, 0.5) is 0 Å². The van der Waals surface area contributed by atoms with Crippen molar-refractivity contribution >= 4 is 10.0 Å². The van der Waals surface area contributed by atoms with Gasteiger partial charge in [0.25, 0.3) is 0 Å². The molecule has 0 saturated heterocycles. The van der Waals surface area contributed by atoms with Crippen LogP contribution in [0.25, 0.3) is 0 Å². The van der Waals surface area contributed by atoms with Gasteiger partial charge < -0.3 is 5.11 Å². The van der Waals surface area contributed by atoms with Crippen molar-refractivity contribution < 1.29 is 13.5 Å². The molecule has 0 aliphatic heterocycles. The molecule has 19 heavy (non-hydrogen) atoms. The fraction of sp³-hybridized carbons (Fsp3) is 0.571. The Morgan fingerprint density at radius 2 is 1.79 bits per heavy atom. The molecule has 0 fully saturated rings. The van der Waals surface area contributed by atoms with E-state index in [0.717, 1.165) is 18.4 Å². The van der Waals surface area contributed by atoms with Crippen LogP contribution in [0.3, 0.4) is 0 Å². The number of sulfonamides is 1. The predicted octanol–water partition coefficient (Wildman–Crippen LogP) is 2.55. The summed E-state index contributed by atoms with van der Waals surface area (Å²) in [5.41, 5.74) is 0.718. The summed E-state index contributed by atoms with van der Waals surface area (Å²) in [5.74, 6) is 0. The van der Waals surface area contributed by atoms with E-state index in [9.17, 15) is 13.5 Å². The van der Waals surface area contributed by atoms with E-state index in [4.69, 9.17) is 0 Å². The summed E-state index contributed by atoms with van der Waals surface area (Å²) in [6, 6.07) is 6.44. The van der Waals surface area contributed by atoms with Crippen LogP contribution in [0, 0.1) is 0 Å². The van der Waals surface area contributed by atoms with Gasteiger partial charge in [0.05, 0.1) is 11.0 Å². The second-order valence-corrected chi connectivity index (χ2v) is 6.53. The van der Waals surface area contributed by atoms with E-state index in [-0.39, 0.29) is 4.90 Å². The average molecular weight is 285 g/mol. The standard InChI is InChI=1S/C14H23NO3S/c1-4-6-11-15(5-2)19(17,18)14-9-7-13(8-10-14)12(3)16/h7-10,12,16H,4-6,11H2,1-3H3. The minimum atomic E-state index is -3.41. The first-order valence-corrected chi connectivity index (χ1v) is 8.15. The number of benzene rings is 1. The molecule has 0 bridgehead atoms. The maximum absolute atomic E-state index is 12.4. The summed E-state index contributed by atoms with van der Waals surface area (Å²) < 4.78 is 26.3. The molecule has 1 rings (SSSR count). The van der Waals surface area contributed by atoms with Crippen molar-refractivity contribution in [3.8, 4) is 0 Å². The first-order valence-electron chi connectivity index (χ1n) is 6.71. The third-order valence-electron chi connectivity index (χ3n) is 3.11. The molecule has 0 amide bonds. The van der Waals surface area contributed by atoms with E-state index in [1.165, 1.54) is 4.31 Å². The average Bonchev–Trinajstić information content (AvgIpc) is 2.39. The molecular weight excluding hydrogens is 262 g/mol. The maximum atomic E-state index is 12.4. The largest absolute Gasteiger partial charge is 0.389 e. The van der Waals surface area contributed by atoms with Gasteiger partial charge in [0.15, 0.2) is 0 Å². The van der Waals surface area contributed by atoms with Gasteiger partial charge >= 0.3 is 0 Å². The number of rotatable bonds is 7. The smallest absolute Gasteiger partial charge is 0.243 e. The van der Waals surface area contributed by atoms with Crippen molar-refractivity contribution in [2.45, 2.75) is 44.6 Å². The van der Waals surface area contributed by atoms with Crippen molar-refractivity contribution in [2.24, 2.45) is 0 Å². The molecule has 0 aromatic heterocycles. The van der Waals surface area contributed by atoms with Crippen molar-refractivity contribution in [3.63, 3.8) is 0 Å². The molecule has 4 nitrogen and oxygen atoms in total. The minimum absolute atomic E-state index is 0.287. The molecule has 1 aromatic rings. The Kier molecular flexibility index (Phi) is 5.97. The minimum Gasteiger partial charge on any atom is -0.389 e. The number of aliphatic hydroxyl groups is 1. The highest BCUT2D eigenvalue weighted by Gasteiger charge is 2.22. The van der Waals surface area contributed by atoms with Crippen LogP contribution in [-0.4, -0.2) is 30.9 Å². The van der Waals surface area contributed by atoms with Gasteiger partial charge in [-0.1, -0.05) is 32.4 Å². The highest BCUT2D eigenvalue weighted by molar-refractivity contribution is 7.89. The first kappa shape index (κ1) is 16.1. The van der Waals surface area contributed by atoms with Gasteiger partial charge in [-0.15, -0.1) is 0 Å². The highest BCUT2D eigenvalue weighted by Crippen LogP contribution is 2.19. The predicted molar refractivity (Wildman–Crippen MR) is 76.4 cm³/mol. The normalized spacial score (nSPS) is 13.7. The van der Waals surface area contributed by atoms with Crippen LogP contribution in [-0.2, 0) is 10.0 Å². The summed E-state index contributed by atoms with van der Waals surface area (Å²) in [5, 5.41) is 9.43. The second-order valence-electron chi connectivity index (χ2n) is 4.60. The summed E-state index contributed by atoms with van der Waals surface area (Å²) >= 11 is 0. The Balaban J connectivity index is 2.98. The van der Waals surface area contributed by atoms with Crippen molar-refractivity contribution in [1.82, 2.24) is 4.31 Å². The summed E-state index contributed by atoms with van der Waals surface area (Å²) in [4.78, 5) is 0.287. The Morgan fingerprint density at radius 1 is 1.21 bits per heavy atom. The molecule has 108 valence electrons. The molecule has 0 spiro atoms. The van der Waals surface area contributed by atoms with Crippen LogP contribution in [0.1, 0.15) is 45.3 Å². The van der Waals surface area contributed by atoms with Gasteiger partial charge in [-0.3, -0.25) is 0 Å². The molecule has 1 aromatic carbocycles. The van der Waals surface area contributed by atoms with E-state index >= 15 is 0 Å². The van der Waals surface area contributed by atoms with Gasteiger partial charge in [-0.2, -0.15) is 4.31 Å². The Morgan fingerprint density at radius 3 is 2.21 bits per heavy atom. The number of nitrogens with zero attached hydrogens (tertiary/aromatic N) is 1. The first-order chi connectivity index (χ1) is 8.93. The lowest BCUT2D eigenvalue weighted by atomic mass is 10.1. The van der Waals surface area contributed by atoms with E-state index in [1.54, 1.807) is 31.2 Å². The van der Waals surface area contributed by atoms with E-state index in [0.29, 0.717) is 13.1 Å². The molecule has 0 aliphatic carbocycles. The molecule has 0 radical (unpaired) electrons. The third kappa shape index (κ3) is 4.03. The van der Waals surface area contributed by atoms with Crippen molar-refractivity contribution in [2.75, 3.05) is 13.1 Å². The Bertz CT molecular complexity index is 480. The zero-order chi connectivity index (χ0) is 14.5. The van der Waals surface area contributed by atoms with Crippen LogP contribution < -0.4 is 0 Å². The summed E-state index contributed by atoms with van der Waals surface area (Å²) in [6.45, 7) is 6.56. The van der Waals surface area contributed by atoms with Gasteiger partial charge in [0.2, 0.25) is 10.0 Å². The van der Waals surface area contributed by atoms with E-state index in [2.05, 4.69) is 0 Å². The number of aliphatic hydroxyl groups excluding tert-OH is 1. The van der Waals surface area contributed by atoms with Gasteiger partial charge in [0.1, 0.15) is 0 Å². The van der Waals surface area contributed by atoms with E-state index < -0.39 is 16.1 Å². The highest BCUT2D eigenvalue weighted by atomic mass is 32.2. The Labute approximate surface area is 116 Å². The topological polar surface area (TPSA) is 57.6 Å². The zero-order valence-corrected chi connectivity index (χ0v) is 12.7.